The van der Waals surface area contributed by atoms with E-state index >= 15 is 0 Å². The normalized spacial score (nSPS) is 12.0. The lowest BCUT2D eigenvalue weighted by molar-refractivity contribution is -0.121. The molecule has 0 bridgehead atoms. The van der Waals surface area contributed by atoms with Gasteiger partial charge in [-0.25, -0.2) is 4.98 Å². The van der Waals surface area contributed by atoms with Gasteiger partial charge in [0.2, 0.25) is 5.91 Å². The van der Waals surface area contributed by atoms with E-state index in [-0.39, 0.29) is 24.3 Å². The predicted molar refractivity (Wildman–Crippen MR) is 92.7 cm³/mol. The minimum atomic E-state index is -0.204. The van der Waals surface area contributed by atoms with Crippen LogP contribution in [0.1, 0.15) is 36.8 Å². The van der Waals surface area contributed by atoms with E-state index in [1.54, 1.807) is 17.5 Å². The third-order valence-corrected chi connectivity index (χ3v) is 4.35. The molecule has 0 aliphatic carbocycles. The Labute approximate surface area is 140 Å². The van der Waals surface area contributed by atoms with Gasteiger partial charge in [0.1, 0.15) is 0 Å². The second kappa shape index (κ2) is 7.87. The van der Waals surface area contributed by atoms with Gasteiger partial charge in [-0.3, -0.25) is 14.9 Å². The highest BCUT2D eigenvalue weighted by molar-refractivity contribution is 7.14. The first-order valence-electron chi connectivity index (χ1n) is 7.56. The van der Waals surface area contributed by atoms with Gasteiger partial charge in [-0.2, -0.15) is 0 Å². The van der Waals surface area contributed by atoms with Crippen LogP contribution in [0.5, 0.6) is 0 Å². The maximum Gasteiger partial charge on any atom is 0.257 e. The largest absolute Gasteiger partial charge is 0.353 e. The Hall–Kier alpha value is -2.21. The van der Waals surface area contributed by atoms with E-state index in [4.69, 9.17) is 0 Å². The van der Waals surface area contributed by atoms with Crippen molar-refractivity contribution in [3.63, 3.8) is 0 Å². The van der Waals surface area contributed by atoms with Crippen LogP contribution in [0.15, 0.2) is 35.7 Å². The monoisotopic (exact) mass is 331 g/mol. The molecule has 2 aromatic rings. The Bertz CT molecular complexity index is 667. The molecule has 0 saturated heterocycles. The predicted octanol–water partition coefficient (Wildman–Crippen LogP) is 3.10. The fourth-order valence-electron chi connectivity index (χ4n) is 1.84. The van der Waals surface area contributed by atoms with Gasteiger partial charge in [0.05, 0.1) is 12.1 Å². The first-order chi connectivity index (χ1) is 11.0. The molecule has 2 rings (SSSR count). The van der Waals surface area contributed by atoms with Crippen LogP contribution < -0.4 is 10.6 Å². The molecular formula is C17H21N3O2S. The standard InChI is InChI=1S/C17H21N3O2S/c1-11(2)12(3)18-15(21)9-14-10-23-17(19-14)20-16(22)13-7-5-4-6-8-13/h4-8,10-12H,9H2,1-3H3,(H,18,21)(H,19,20,22). The molecule has 6 heteroatoms. The molecule has 2 amide bonds. The van der Waals surface area contributed by atoms with E-state index in [1.807, 2.05) is 25.1 Å². The van der Waals surface area contributed by atoms with Crippen LogP contribution in [0.2, 0.25) is 0 Å². The third-order valence-electron chi connectivity index (χ3n) is 3.54. The van der Waals surface area contributed by atoms with Crippen molar-refractivity contribution in [1.29, 1.82) is 0 Å². The van der Waals surface area contributed by atoms with Crippen LogP contribution in [0.4, 0.5) is 5.13 Å². The number of nitrogens with zero attached hydrogens (tertiary/aromatic N) is 1. The fraction of sp³-hybridized carbons (Fsp3) is 0.353. The van der Waals surface area contributed by atoms with Gasteiger partial charge in [-0.05, 0) is 25.0 Å². The number of benzene rings is 1. The van der Waals surface area contributed by atoms with Crippen LogP contribution in [-0.2, 0) is 11.2 Å². The van der Waals surface area contributed by atoms with Crippen molar-refractivity contribution in [3.05, 3.63) is 47.0 Å². The SMILES string of the molecule is CC(C)C(C)NC(=O)Cc1csc(NC(=O)c2ccccc2)n1. The zero-order chi connectivity index (χ0) is 16.8. The Morgan fingerprint density at radius 1 is 1.17 bits per heavy atom. The fourth-order valence-corrected chi connectivity index (χ4v) is 2.55. The minimum absolute atomic E-state index is 0.0579. The maximum atomic E-state index is 12.0. The van der Waals surface area contributed by atoms with Crippen LogP contribution in [0.25, 0.3) is 0 Å². The highest BCUT2D eigenvalue weighted by Crippen LogP contribution is 2.17. The van der Waals surface area contributed by atoms with Crippen LogP contribution in [0, 0.1) is 5.92 Å². The van der Waals surface area contributed by atoms with Crippen molar-refractivity contribution in [3.8, 4) is 0 Å². The van der Waals surface area contributed by atoms with Gasteiger partial charge in [0.25, 0.3) is 5.91 Å². The van der Waals surface area contributed by atoms with Crippen molar-refractivity contribution in [2.75, 3.05) is 5.32 Å². The Morgan fingerprint density at radius 2 is 1.87 bits per heavy atom. The molecule has 1 heterocycles. The summed E-state index contributed by atoms with van der Waals surface area (Å²) >= 11 is 1.32. The molecule has 0 radical (unpaired) electrons. The molecule has 2 N–H and O–H groups in total. The van der Waals surface area contributed by atoms with Gasteiger partial charge >= 0.3 is 0 Å². The Kier molecular flexibility index (Phi) is 5.87. The first-order valence-corrected chi connectivity index (χ1v) is 8.44. The van der Waals surface area contributed by atoms with Crippen molar-refractivity contribution in [1.82, 2.24) is 10.3 Å². The quantitative estimate of drug-likeness (QED) is 0.854. The topological polar surface area (TPSA) is 71.1 Å². The summed E-state index contributed by atoms with van der Waals surface area (Å²) in [4.78, 5) is 28.3. The summed E-state index contributed by atoms with van der Waals surface area (Å²) in [7, 11) is 0. The minimum Gasteiger partial charge on any atom is -0.353 e. The summed E-state index contributed by atoms with van der Waals surface area (Å²) < 4.78 is 0. The van der Waals surface area contributed by atoms with Gasteiger partial charge in [-0.15, -0.1) is 11.3 Å². The molecule has 0 aliphatic heterocycles. The van der Waals surface area contributed by atoms with Crippen molar-refractivity contribution < 1.29 is 9.59 Å². The molecule has 5 nitrogen and oxygen atoms in total. The third kappa shape index (κ3) is 5.17. The molecule has 0 spiro atoms. The molecule has 0 aliphatic rings. The highest BCUT2D eigenvalue weighted by Gasteiger charge is 2.14. The lowest BCUT2D eigenvalue weighted by Crippen LogP contribution is -2.37. The molecule has 1 unspecified atom stereocenters. The van der Waals surface area contributed by atoms with Crippen LogP contribution in [0.3, 0.4) is 0 Å². The molecule has 1 aromatic heterocycles. The molecule has 1 atom stereocenters. The van der Waals surface area contributed by atoms with Crippen molar-refractivity contribution in [2.24, 2.45) is 5.92 Å². The Balaban J connectivity index is 1.91. The summed E-state index contributed by atoms with van der Waals surface area (Å²) in [5, 5.41) is 7.98. The average molecular weight is 331 g/mol. The number of rotatable bonds is 6. The molecule has 122 valence electrons. The van der Waals surface area contributed by atoms with E-state index in [9.17, 15) is 9.59 Å². The molecule has 23 heavy (non-hydrogen) atoms. The zero-order valence-electron chi connectivity index (χ0n) is 13.5. The smallest absolute Gasteiger partial charge is 0.257 e. The number of hydrogen-bond acceptors (Lipinski definition) is 4. The first kappa shape index (κ1) is 17.1. The van der Waals surface area contributed by atoms with Gasteiger partial charge in [0, 0.05) is 17.0 Å². The summed E-state index contributed by atoms with van der Waals surface area (Å²) in [5.74, 6) is 0.122. The summed E-state index contributed by atoms with van der Waals surface area (Å²) in [6, 6.07) is 9.08. The van der Waals surface area contributed by atoms with Crippen LogP contribution in [-0.4, -0.2) is 22.8 Å². The van der Waals surface area contributed by atoms with Crippen molar-refractivity contribution in [2.45, 2.75) is 33.2 Å². The van der Waals surface area contributed by atoms with E-state index in [0.717, 1.165) is 0 Å². The van der Waals surface area contributed by atoms with E-state index in [0.29, 0.717) is 22.3 Å². The maximum absolute atomic E-state index is 12.0. The number of carbonyl (C=O) groups excluding carboxylic acids is 2. The second-order valence-electron chi connectivity index (χ2n) is 5.74. The number of thiazole rings is 1. The van der Waals surface area contributed by atoms with E-state index < -0.39 is 0 Å². The number of hydrogen-bond donors (Lipinski definition) is 2. The number of amides is 2. The number of aromatic nitrogens is 1. The Morgan fingerprint density at radius 3 is 2.52 bits per heavy atom. The second-order valence-corrected chi connectivity index (χ2v) is 6.60. The van der Waals surface area contributed by atoms with Gasteiger partial charge in [0.15, 0.2) is 5.13 Å². The summed E-state index contributed by atoms with van der Waals surface area (Å²) in [6.07, 6.45) is 0.217. The van der Waals surface area contributed by atoms with Crippen molar-refractivity contribution >= 4 is 28.3 Å². The molecule has 1 aromatic carbocycles. The average Bonchev–Trinajstić information content (AvgIpc) is 2.94. The highest BCUT2D eigenvalue weighted by atomic mass is 32.1. The zero-order valence-corrected chi connectivity index (χ0v) is 14.3. The summed E-state index contributed by atoms with van der Waals surface area (Å²) in [5.41, 5.74) is 1.24. The lowest BCUT2D eigenvalue weighted by Gasteiger charge is -2.16. The number of anilines is 1. The van der Waals surface area contributed by atoms with E-state index in [2.05, 4.69) is 29.5 Å². The number of nitrogens with one attached hydrogen (secondary N) is 2. The number of carbonyl (C=O) groups is 2. The van der Waals surface area contributed by atoms with Gasteiger partial charge in [-0.1, -0.05) is 32.0 Å². The van der Waals surface area contributed by atoms with Gasteiger partial charge < -0.3 is 5.32 Å². The van der Waals surface area contributed by atoms with Crippen LogP contribution >= 0.6 is 11.3 Å². The summed E-state index contributed by atoms with van der Waals surface area (Å²) in [6.45, 7) is 6.10. The molecular weight excluding hydrogens is 310 g/mol. The molecule has 0 fully saturated rings. The molecule has 0 saturated carbocycles. The van der Waals surface area contributed by atoms with E-state index in [1.165, 1.54) is 11.3 Å². The lowest BCUT2D eigenvalue weighted by atomic mass is 10.1.